The van der Waals surface area contributed by atoms with E-state index in [4.69, 9.17) is 9.05 Å². The quantitative estimate of drug-likeness (QED) is 0.456. The number of unbranched alkanes of at least 4 members (excludes halogenated alkanes) is 2. The minimum Gasteiger partial charge on any atom is -0.339 e. The molecule has 1 unspecified atom stereocenters. The minimum atomic E-state index is -3.63. The first kappa shape index (κ1) is 20.8. The second-order valence-electron chi connectivity index (χ2n) is 5.57. The number of rotatable bonds is 11. The molecule has 0 saturated heterocycles. The lowest BCUT2D eigenvalue weighted by Crippen LogP contribution is -2.27. The van der Waals surface area contributed by atoms with Crippen LogP contribution in [0.1, 0.15) is 57.8 Å². The molecule has 5 nitrogen and oxygen atoms in total. The van der Waals surface area contributed by atoms with E-state index in [-0.39, 0.29) is 19.1 Å². The third-order valence-corrected chi connectivity index (χ3v) is 5.52. The first-order chi connectivity index (χ1) is 11.4. The molecule has 0 aromatic heterocycles. The minimum absolute atomic E-state index is 0.275. The largest absolute Gasteiger partial charge is 0.357 e. The smallest absolute Gasteiger partial charge is 0.339 e. The molecule has 0 heterocycles. The highest BCUT2D eigenvalue weighted by molar-refractivity contribution is 7.54. The summed E-state index contributed by atoms with van der Waals surface area (Å²) in [5.41, 5.74) is 0.489. The van der Waals surface area contributed by atoms with Crippen molar-refractivity contribution < 1.29 is 22.8 Å². The Labute approximate surface area is 143 Å². The van der Waals surface area contributed by atoms with Crippen LogP contribution in [0.3, 0.4) is 0 Å². The van der Waals surface area contributed by atoms with Gasteiger partial charge in [0.15, 0.2) is 5.78 Å². The molecule has 0 spiro atoms. The van der Waals surface area contributed by atoms with Gasteiger partial charge in [0.1, 0.15) is 5.82 Å². The number of hydrogen-bond donors (Lipinski definition) is 1. The van der Waals surface area contributed by atoms with Crippen molar-refractivity contribution >= 4 is 13.5 Å². The van der Waals surface area contributed by atoms with E-state index in [0.29, 0.717) is 5.56 Å². The Morgan fingerprint density at radius 2 is 1.62 bits per heavy atom. The predicted molar refractivity (Wildman–Crippen MR) is 92.3 cm³/mol. The SMILES string of the molecule is CCCCOP(=O)(OCCCC)C(NC(C)=O)c1ccc(F)cc1. The number of benzene rings is 1. The lowest BCUT2D eigenvalue weighted by Gasteiger charge is -2.27. The van der Waals surface area contributed by atoms with Crippen molar-refractivity contribution in [3.63, 3.8) is 0 Å². The normalized spacial score (nSPS) is 12.8. The number of hydrogen-bond acceptors (Lipinski definition) is 4. The molecule has 1 N–H and O–H groups in total. The maximum absolute atomic E-state index is 13.3. The summed E-state index contributed by atoms with van der Waals surface area (Å²) in [5.74, 6) is -1.72. The van der Waals surface area contributed by atoms with E-state index < -0.39 is 19.2 Å². The summed E-state index contributed by atoms with van der Waals surface area (Å²) in [5, 5.41) is 2.64. The van der Waals surface area contributed by atoms with E-state index in [9.17, 15) is 13.8 Å². The maximum atomic E-state index is 13.3. The van der Waals surface area contributed by atoms with Gasteiger partial charge in [-0.2, -0.15) is 0 Å². The molecule has 7 heteroatoms. The van der Waals surface area contributed by atoms with Gasteiger partial charge >= 0.3 is 7.60 Å². The van der Waals surface area contributed by atoms with E-state index in [1.807, 2.05) is 13.8 Å². The summed E-state index contributed by atoms with van der Waals surface area (Å²) in [6.07, 6.45) is 3.24. The number of carbonyl (C=O) groups excluding carboxylic acids is 1. The molecule has 1 amide bonds. The molecule has 1 rings (SSSR count). The third-order valence-electron chi connectivity index (χ3n) is 3.38. The Kier molecular flexibility index (Phi) is 9.19. The van der Waals surface area contributed by atoms with Crippen LogP contribution in [0.25, 0.3) is 0 Å². The molecule has 0 aliphatic rings. The van der Waals surface area contributed by atoms with Gasteiger partial charge in [0.25, 0.3) is 0 Å². The van der Waals surface area contributed by atoms with Crippen LogP contribution in [0.2, 0.25) is 0 Å². The van der Waals surface area contributed by atoms with E-state index in [0.717, 1.165) is 25.7 Å². The fourth-order valence-corrected chi connectivity index (χ4v) is 4.06. The highest BCUT2D eigenvalue weighted by Gasteiger charge is 2.38. The zero-order valence-corrected chi connectivity index (χ0v) is 15.5. The second kappa shape index (κ2) is 10.6. The van der Waals surface area contributed by atoms with Gasteiger partial charge in [0.05, 0.1) is 13.2 Å². The molecule has 0 aliphatic carbocycles. The fraction of sp³-hybridized carbons (Fsp3) is 0.588. The molecule has 24 heavy (non-hydrogen) atoms. The lowest BCUT2D eigenvalue weighted by atomic mass is 10.2. The van der Waals surface area contributed by atoms with E-state index in [1.54, 1.807) is 0 Å². The Hall–Kier alpha value is -1.23. The average Bonchev–Trinajstić information content (AvgIpc) is 2.54. The monoisotopic (exact) mass is 359 g/mol. The van der Waals surface area contributed by atoms with E-state index in [1.165, 1.54) is 31.2 Å². The van der Waals surface area contributed by atoms with Crippen LogP contribution in [0.15, 0.2) is 24.3 Å². The van der Waals surface area contributed by atoms with Gasteiger partial charge in [0, 0.05) is 6.92 Å². The van der Waals surface area contributed by atoms with Crippen molar-refractivity contribution in [2.75, 3.05) is 13.2 Å². The molecule has 0 fully saturated rings. The highest BCUT2D eigenvalue weighted by Crippen LogP contribution is 2.59. The highest BCUT2D eigenvalue weighted by atomic mass is 31.2. The summed E-state index contributed by atoms with van der Waals surface area (Å²) < 4.78 is 37.7. The molecule has 1 aromatic rings. The van der Waals surface area contributed by atoms with Crippen LogP contribution < -0.4 is 5.32 Å². The summed E-state index contributed by atoms with van der Waals surface area (Å²) in [7, 11) is -3.63. The van der Waals surface area contributed by atoms with Crippen molar-refractivity contribution in [1.82, 2.24) is 5.32 Å². The Morgan fingerprint density at radius 1 is 1.12 bits per heavy atom. The number of halogens is 1. The zero-order chi connectivity index (χ0) is 18.0. The first-order valence-corrected chi connectivity index (χ1v) is 9.95. The van der Waals surface area contributed by atoms with Crippen LogP contribution in [-0.4, -0.2) is 19.1 Å². The van der Waals surface area contributed by atoms with Gasteiger partial charge in [-0.05, 0) is 30.5 Å². The first-order valence-electron chi connectivity index (χ1n) is 8.34. The van der Waals surface area contributed by atoms with Crippen LogP contribution in [-0.2, 0) is 18.4 Å². The van der Waals surface area contributed by atoms with Gasteiger partial charge in [-0.25, -0.2) is 4.39 Å². The molecule has 0 radical (unpaired) electrons. The van der Waals surface area contributed by atoms with E-state index in [2.05, 4.69) is 5.32 Å². The van der Waals surface area contributed by atoms with Crippen molar-refractivity contribution in [3.05, 3.63) is 35.6 Å². The van der Waals surface area contributed by atoms with Gasteiger partial charge in [0.2, 0.25) is 5.91 Å². The Morgan fingerprint density at radius 3 is 2.04 bits per heavy atom. The van der Waals surface area contributed by atoms with Crippen molar-refractivity contribution in [2.45, 2.75) is 52.2 Å². The maximum Gasteiger partial charge on any atom is 0.357 e. The molecular formula is C17H27FNO4P. The molecule has 136 valence electrons. The average molecular weight is 359 g/mol. The summed E-state index contributed by atoms with van der Waals surface area (Å²) in [6.45, 7) is 5.88. The second-order valence-corrected chi connectivity index (χ2v) is 7.68. The lowest BCUT2D eigenvalue weighted by molar-refractivity contribution is -0.119. The molecule has 0 saturated carbocycles. The number of carbonyl (C=O) groups is 1. The summed E-state index contributed by atoms with van der Waals surface area (Å²) in [6, 6.07) is 5.48. The summed E-state index contributed by atoms with van der Waals surface area (Å²) in [4.78, 5) is 11.6. The summed E-state index contributed by atoms with van der Waals surface area (Å²) >= 11 is 0. The molecular weight excluding hydrogens is 332 g/mol. The van der Waals surface area contributed by atoms with Gasteiger partial charge in [-0.15, -0.1) is 0 Å². The third kappa shape index (κ3) is 6.71. The zero-order valence-electron chi connectivity index (χ0n) is 14.6. The Bertz CT molecular complexity index is 536. The van der Waals surface area contributed by atoms with Crippen molar-refractivity contribution in [3.8, 4) is 0 Å². The van der Waals surface area contributed by atoms with Crippen LogP contribution in [0.5, 0.6) is 0 Å². The molecule has 0 bridgehead atoms. The van der Waals surface area contributed by atoms with Gasteiger partial charge in [-0.3, -0.25) is 9.36 Å². The molecule has 0 aliphatic heterocycles. The van der Waals surface area contributed by atoms with Crippen molar-refractivity contribution in [2.24, 2.45) is 0 Å². The molecule has 1 atom stereocenters. The number of nitrogens with one attached hydrogen (secondary N) is 1. The van der Waals surface area contributed by atoms with Crippen LogP contribution in [0, 0.1) is 5.82 Å². The van der Waals surface area contributed by atoms with Crippen LogP contribution >= 0.6 is 7.60 Å². The Balaban J connectivity index is 3.09. The topological polar surface area (TPSA) is 64.6 Å². The number of amides is 1. The van der Waals surface area contributed by atoms with E-state index >= 15 is 0 Å². The van der Waals surface area contributed by atoms with Gasteiger partial charge in [-0.1, -0.05) is 38.8 Å². The van der Waals surface area contributed by atoms with Crippen LogP contribution in [0.4, 0.5) is 4.39 Å². The van der Waals surface area contributed by atoms with Crippen molar-refractivity contribution in [1.29, 1.82) is 0 Å². The standard InChI is InChI=1S/C17H27FNO4P/c1-4-6-12-22-24(21,23-13-7-5-2)17(19-14(3)20)15-8-10-16(18)11-9-15/h8-11,17H,4-7,12-13H2,1-3H3,(H,19,20). The van der Waals surface area contributed by atoms with Gasteiger partial charge < -0.3 is 14.4 Å². The fourth-order valence-electron chi connectivity index (χ4n) is 2.04. The predicted octanol–water partition coefficient (Wildman–Crippen LogP) is 4.79. The molecule has 1 aromatic carbocycles.